The van der Waals surface area contributed by atoms with Gasteiger partial charge in [-0.25, -0.2) is 4.99 Å². The van der Waals surface area contributed by atoms with E-state index in [0.717, 1.165) is 3.57 Å². The Hall–Kier alpha value is -0.300. The SMILES string of the molecule is FC(F)(F)C(Cl)=Nc1cccc(I)c1. The van der Waals surface area contributed by atoms with E-state index in [0.29, 0.717) is 0 Å². The van der Waals surface area contributed by atoms with Gasteiger partial charge in [0.2, 0.25) is 5.17 Å². The zero-order chi connectivity index (χ0) is 10.8. The van der Waals surface area contributed by atoms with Crippen LogP contribution in [0.4, 0.5) is 18.9 Å². The van der Waals surface area contributed by atoms with E-state index in [1.54, 1.807) is 12.1 Å². The van der Waals surface area contributed by atoms with E-state index in [4.69, 9.17) is 11.6 Å². The topological polar surface area (TPSA) is 12.4 Å². The average molecular weight is 333 g/mol. The maximum absolute atomic E-state index is 12.0. The first-order valence-corrected chi connectivity index (χ1v) is 4.92. The van der Waals surface area contributed by atoms with Crippen molar-refractivity contribution in [3.05, 3.63) is 27.8 Å². The molecule has 14 heavy (non-hydrogen) atoms. The Morgan fingerprint density at radius 3 is 2.50 bits per heavy atom. The van der Waals surface area contributed by atoms with Gasteiger partial charge in [0.15, 0.2) is 0 Å². The van der Waals surface area contributed by atoms with Crippen LogP contribution in [0.1, 0.15) is 0 Å². The minimum Gasteiger partial charge on any atom is -0.232 e. The molecule has 0 fully saturated rings. The third-order valence-electron chi connectivity index (χ3n) is 1.27. The van der Waals surface area contributed by atoms with Crippen molar-refractivity contribution in [3.63, 3.8) is 0 Å². The molecule has 1 aromatic carbocycles. The molecule has 0 aliphatic rings. The number of alkyl halides is 3. The third-order valence-corrected chi connectivity index (χ3v) is 2.24. The number of benzene rings is 1. The van der Waals surface area contributed by atoms with Crippen LogP contribution in [0.3, 0.4) is 0 Å². The highest BCUT2D eigenvalue weighted by Gasteiger charge is 2.34. The van der Waals surface area contributed by atoms with Gasteiger partial charge in [0.05, 0.1) is 5.69 Å². The highest BCUT2D eigenvalue weighted by molar-refractivity contribution is 14.1. The molecule has 0 saturated carbocycles. The molecule has 0 bridgehead atoms. The van der Waals surface area contributed by atoms with Gasteiger partial charge in [0.25, 0.3) is 0 Å². The Morgan fingerprint density at radius 2 is 2.00 bits per heavy atom. The number of rotatable bonds is 1. The molecule has 0 saturated heterocycles. The molecule has 0 unspecified atom stereocenters. The van der Waals surface area contributed by atoms with Crippen molar-refractivity contribution in [3.8, 4) is 0 Å². The van der Waals surface area contributed by atoms with Crippen molar-refractivity contribution in [1.29, 1.82) is 0 Å². The molecule has 1 aromatic rings. The van der Waals surface area contributed by atoms with Crippen molar-refractivity contribution in [2.24, 2.45) is 4.99 Å². The van der Waals surface area contributed by atoms with Gasteiger partial charge in [0, 0.05) is 3.57 Å². The van der Waals surface area contributed by atoms with Gasteiger partial charge >= 0.3 is 6.18 Å². The monoisotopic (exact) mass is 333 g/mol. The molecule has 0 spiro atoms. The summed E-state index contributed by atoms with van der Waals surface area (Å²) in [6, 6.07) is 6.33. The lowest BCUT2D eigenvalue weighted by atomic mass is 10.3. The summed E-state index contributed by atoms with van der Waals surface area (Å²) in [6.45, 7) is 0. The number of hydrogen-bond donors (Lipinski definition) is 0. The van der Waals surface area contributed by atoms with Crippen LogP contribution in [0.5, 0.6) is 0 Å². The number of hydrogen-bond acceptors (Lipinski definition) is 1. The molecule has 1 rings (SSSR count). The van der Waals surface area contributed by atoms with Crippen molar-refractivity contribution in [2.75, 3.05) is 0 Å². The largest absolute Gasteiger partial charge is 0.444 e. The minimum absolute atomic E-state index is 0.194. The first-order valence-electron chi connectivity index (χ1n) is 3.46. The second-order valence-corrected chi connectivity index (χ2v) is 3.98. The van der Waals surface area contributed by atoms with Crippen LogP contribution < -0.4 is 0 Å². The van der Waals surface area contributed by atoms with Crippen LogP contribution in [-0.4, -0.2) is 11.3 Å². The summed E-state index contributed by atoms with van der Waals surface area (Å²) >= 11 is 6.95. The highest BCUT2D eigenvalue weighted by atomic mass is 127. The van der Waals surface area contributed by atoms with Crippen LogP contribution >= 0.6 is 34.2 Å². The third kappa shape index (κ3) is 3.45. The molecule has 0 aromatic heterocycles. The summed E-state index contributed by atoms with van der Waals surface area (Å²) in [7, 11) is 0. The van der Waals surface area contributed by atoms with E-state index >= 15 is 0 Å². The Balaban J connectivity index is 2.98. The summed E-state index contributed by atoms with van der Waals surface area (Å²) in [5.41, 5.74) is 0.194. The van der Waals surface area contributed by atoms with E-state index in [-0.39, 0.29) is 5.69 Å². The fourth-order valence-electron chi connectivity index (χ4n) is 0.722. The fraction of sp³-hybridized carbons (Fsp3) is 0.125. The van der Waals surface area contributed by atoms with E-state index in [1.165, 1.54) is 12.1 Å². The van der Waals surface area contributed by atoms with Gasteiger partial charge in [0.1, 0.15) is 0 Å². The quantitative estimate of drug-likeness (QED) is 0.541. The molecular weight excluding hydrogens is 329 g/mol. The van der Waals surface area contributed by atoms with Gasteiger partial charge in [-0.15, -0.1) is 0 Å². The van der Waals surface area contributed by atoms with E-state index < -0.39 is 11.3 Å². The summed E-state index contributed by atoms with van der Waals surface area (Å²) < 4.78 is 36.7. The van der Waals surface area contributed by atoms with Crippen LogP contribution in [-0.2, 0) is 0 Å². The minimum atomic E-state index is -4.58. The second-order valence-electron chi connectivity index (χ2n) is 2.38. The predicted octanol–water partition coefficient (Wildman–Crippen LogP) is 4.12. The van der Waals surface area contributed by atoms with E-state index in [9.17, 15) is 13.2 Å². The average Bonchev–Trinajstić information content (AvgIpc) is 2.02. The summed E-state index contributed by atoms with van der Waals surface area (Å²) in [5.74, 6) is 0. The Morgan fingerprint density at radius 1 is 1.36 bits per heavy atom. The van der Waals surface area contributed by atoms with Crippen molar-refractivity contribution in [2.45, 2.75) is 6.18 Å². The maximum atomic E-state index is 12.0. The molecule has 76 valence electrons. The van der Waals surface area contributed by atoms with Gasteiger partial charge in [-0.2, -0.15) is 13.2 Å². The Labute approximate surface area is 97.1 Å². The predicted molar refractivity (Wildman–Crippen MR) is 58.2 cm³/mol. The fourth-order valence-corrected chi connectivity index (χ4v) is 1.35. The van der Waals surface area contributed by atoms with Crippen LogP contribution in [0.25, 0.3) is 0 Å². The van der Waals surface area contributed by atoms with Gasteiger partial charge in [-0.3, -0.25) is 0 Å². The molecule has 0 radical (unpaired) electrons. The highest BCUT2D eigenvalue weighted by Crippen LogP contribution is 2.24. The molecule has 0 N–H and O–H groups in total. The smallest absolute Gasteiger partial charge is 0.232 e. The molecule has 1 nitrogen and oxygen atoms in total. The molecule has 0 heterocycles. The number of aliphatic imine (C=N–C) groups is 1. The van der Waals surface area contributed by atoms with Crippen molar-refractivity contribution >= 4 is 45.1 Å². The van der Waals surface area contributed by atoms with Crippen LogP contribution in [0, 0.1) is 3.57 Å². The number of halogens is 5. The first-order chi connectivity index (χ1) is 6.39. The summed E-state index contributed by atoms with van der Waals surface area (Å²) in [5, 5.41) is -1.36. The van der Waals surface area contributed by atoms with E-state index in [1.807, 2.05) is 22.6 Å². The molecule has 0 aliphatic carbocycles. The molecular formula is C8H4ClF3IN. The van der Waals surface area contributed by atoms with Crippen LogP contribution in [0.15, 0.2) is 29.3 Å². The molecule has 0 aliphatic heterocycles. The molecule has 0 atom stereocenters. The number of nitrogens with zero attached hydrogens (tertiary/aromatic N) is 1. The molecule has 6 heteroatoms. The van der Waals surface area contributed by atoms with Gasteiger partial charge < -0.3 is 0 Å². The van der Waals surface area contributed by atoms with E-state index in [2.05, 4.69) is 4.99 Å². The Kier molecular flexibility index (Phi) is 3.77. The van der Waals surface area contributed by atoms with Crippen molar-refractivity contribution in [1.82, 2.24) is 0 Å². The second kappa shape index (κ2) is 4.48. The van der Waals surface area contributed by atoms with Gasteiger partial charge in [-0.05, 0) is 40.8 Å². The molecule has 0 amide bonds. The zero-order valence-corrected chi connectivity index (χ0v) is 9.56. The first kappa shape index (κ1) is 11.8. The normalized spacial score (nSPS) is 13.1. The lowest BCUT2D eigenvalue weighted by Gasteiger charge is -2.02. The van der Waals surface area contributed by atoms with Gasteiger partial charge in [-0.1, -0.05) is 17.7 Å². The lowest BCUT2D eigenvalue weighted by Crippen LogP contribution is -2.16. The van der Waals surface area contributed by atoms with Crippen LogP contribution in [0.2, 0.25) is 0 Å². The standard InChI is InChI=1S/C8H4ClF3IN/c9-7(8(10,11)12)14-6-3-1-2-5(13)4-6/h1-4H. The lowest BCUT2D eigenvalue weighted by molar-refractivity contribution is -0.0558. The summed E-state index contributed by atoms with van der Waals surface area (Å²) in [6.07, 6.45) is -4.58. The zero-order valence-electron chi connectivity index (χ0n) is 6.65. The maximum Gasteiger partial charge on any atom is 0.444 e. The van der Waals surface area contributed by atoms with Crippen molar-refractivity contribution < 1.29 is 13.2 Å². The summed E-state index contributed by atoms with van der Waals surface area (Å²) in [4.78, 5) is 3.24. The Bertz CT molecular complexity index is 362.